The Hall–Kier alpha value is 0.150. The molecule has 1 aliphatic heterocycles. The second-order valence-electron chi connectivity index (χ2n) is 3.85. The summed E-state index contributed by atoms with van der Waals surface area (Å²) in [5.41, 5.74) is 0. The van der Waals surface area contributed by atoms with Crippen molar-refractivity contribution < 1.29 is 8.42 Å². The Labute approximate surface area is 124 Å². The fourth-order valence-electron chi connectivity index (χ4n) is 1.79. The molecule has 18 heavy (non-hydrogen) atoms. The van der Waals surface area contributed by atoms with Crippen molar-refractivity contribution in [2.24, 2.45) is 0 Å². The molecule has 0 aromatic heterocycles. The summed E-state index contributed by atoms with van der Waals surface area (Å²) < 4.78 is 27.0. The maximum Gasteiger partial charge on any atom is 0.246 e. The standard InChI is InChI=1S/C10H11BrCl2N2O2S/c11-7-5-8(12)10(9(13)6-7)18(16,17)15-3-1-14-2-4-15/h5-6,14H,1-4H2. The van der Waals surface area contributed by atoms with Gasteiger partial charge in [-0.2, -0.15) is 4.31 Å². The van der Waals surface area contributed by atoms with E-state index in [1.54, 1.807) is 0 Å². The van der Waals surface area contributed by atoms with Crippen LogP contribution in [0.5, 0.6) is 0 Å². The molecule has 0 radical (unpaired) electrons. The number of nitrogens with zero attached hydrogens (tertiary/aromatic N) is 1. The predicted octanol–water partition coefficient (Wildman–Crippen LogP) is 2.35. The van der Waals surface area contributed by atoms with E-state index in [1.807, 2.05) is 0 Å². The topological polar surface area (TPSA) is 49.4 Å². The zero-order valence-corrected chi connectivity index (χ0v) is 13.2. The van der Waals surface area contributed by atoms with Crippen LogP contribution in [-0.2, 0) is 10.0 Å². The van der Waals surface area contributed by atoms with Crippen LogP contribution >= 0.6 is 39.1 Å². The third kappa shape index (κ3) is 2.84. The second kappa shape index (κ2) is 5.64. The molecule has 1 aromatic carbocycles. The van der Waals surface area contributed by atoms with E-state index in [-0.39, 0.29) is 14.9 Å². The summed E-state index contributed by atoms with van der Waals surface area (Å²) in [6.07, 6.45) is 0. The van der Waals surface area contributed by atoms with Crippen molar-refractivity contribution in [1.29, 1.82) is 0 Å². The number of hydrogen-bond donors (Lipinski definition) is 1. The average molecular weight is 374 g/mol. The van der Waals surface area contributed by atoms with Crippen LogP contribution < -0.4 is 5.32 Å². The van der Waals surface area contributed by atoms with Crippen molar-refractivity contribution in [2.75, 3.05) is 26.2 Å². The van der Waals surface area contributed by atoms with Crippen LogP contribution in [0.25, 0.3) is 0 Å². The van der Waals surface area contributed by atoms with E-state index < -0.39 is 10.0 Å². The van der Waals surface area contributed by atoms with Gasteiger partial charge in [0.05, 0.1) is 10.0 Å². The number of rotatable bonds is 2. The lowest BCUT2D eigenvalue weighted by Crippen LogP contribution is -2.46. The quantitative estimate of drug-likeness (QED) is 0.865. The first-order valence-corrected chi connectivity index (χ1v) is 8.27. The van der Waals surface area contributed by atoms with Crippen LogP contribution in [0.4, 0.5) is 0 Å². The first-order valence-electron chi connectivity index (χ1n) is 5.28. The molecule has 1 N–H and O–H groups in total. The molecule has 1 saturated heterocycles. The van der Waals surface area contributed by atoms with Gasteiger partial charge in [0.2, 0.25) is 10.0 Å². The molecule has 0 saturated carbocycles. The highest BCUT2D eigenvalue weighted by molar-refractivity contribution is 9.10. The number of piperazine rings is 1. The maximum atomic E-state index is 12.5. The van der Waals surface area contributed by atoms with Crippen LogP contribution in [0, 0.1) is 0 Å². The summed E-state index contributed by atoms with van der Waals surface area (Å²) in [7, 11) is -3.63. The summed E-state index contributed by atoms with van der Waals surface area (Å²) in [5.74, 6) is 0. The molecule has 0 aliphatic carbocycles. The van der Waals surface area contributed by atoms with Crippen molar-refractivity contribution in [3.8, 4) is 0 Å². The highest BCUT2D eigenvalue weighted by Crippen LogP contribution is 2.34. The Morgan fingerprint density at radius 2 is 1.67 bits per heavy atom. The van der Waals surface area contributed by atoms with Gasteiger partial charge in [0.25, 0.3) is 0 Å². The van der Waals surface area contributed by atoms with Crippen LogP contribution in [-0.4, -0.2) is 38.9 Å². The Bertz CT molecular complexity index is 536. The van der Waals surface area contributed by atoms with Gasteiger partial charge in [-0.3, -0.25) is 0 Å². The van der Waals surface area contributed by atoms with Gasteiger partial charge in [-0.15, -0.1) is 0 Å². The molecule has 0 spiro atoms. The number of sulfonamides is 1. The van der Waals surface area contributed by atoms with E-state index in [0.29, 0.717) is 30.7 Å². The molecule has 8 heteroatoms. The van der Waals surface area contributed by atoms with Gasteiger partial charge in [0.1, 0.15) is 4.90 Å². The molecular weight excluding hydrogens is 363 g/mol. The molecule has 1 aromatic rings. The molecular formula is C10H11BrCl2N2O2S. The van der Waals surface area contributed by atoms with E-state index in [1.165, 1.54) is 16.4 Å². The minimum Gasteiger partial charge on any atom is -0.314 e. The molecule has 1 fully saturated rings. The molecule has 0 amide bonds. The van der Waals surface area contributed by atoms with Crippen molar-refractivity contribution in [3.63, 3.8) is 0 Å². The number of nitrogens with one attached hydrogen (secondary N) is 1. The minimum atomic E-state index is -3.63. The first-order chi connectivity index (χ1) is 8.43. The Balaban J connectivity index is 2.47. The second-order valence-corrected chi connectivity index (χ2v) is 7.46. The van der Waals surface area contributed by atoms with E-state index in [9.17, 15) is 8.42 Å². The zero-order valence-electron chi connectivity index (χ0n) is 9.29. The van der Waals surface area contributed by atoms with Gasteiger partial charge in [-0.25, -0.2) is 8.42 Å². The van der Waals surface area contributed by atoms with E-state index >= 15 is 0 Å². The molecule has 0 atom stereocenters. The van der Waals surface area contributed by atoms with Crippen LogP contribution in [0.3, 0.4) is 0 Å². The number of benzene rings is 1. The highest BCUT2D eigenvalue weighted by atomic mass is 79.9. The maximum absolute atomic E-state index is 12.5. The summed E-state index contributed by atoms with van der Waals surface area (Å²) in [4.78, 5) is -0.0177. The van der Waals surface area contributed by atoms with Gasteiger partial charge in [0, 0.05) is 30.7 Å². The molecule has 100 valence electrons. The van der Waals surface area contributed by atoms with E-state index in [2.05, 4.69) is 21.2 Å². The summed E-state index contributed by atoms with van der Waals surface area (Å²) in [5, 5.41) is 3.36. The SMILES string of the molecule is O=S(=O)(c1c(Cl)cc(Br)cc1Cl)N1CCNCC1. The normalized spacial score (nSPS) is 17.9. The number of hydrogen-bond acceptors (Lipinski definition) is 3. The van der Waals surface area contributed by atoms with Crippen molar-refractivity contribution in [3.05, 3.63) is 26.7 Å². The fraction of sp³-hybridized carbons (Fsp3) is 0.400. The Morgan fingerprint density at radius 3 is 2.17 bits per heavy atom. The largest absolute Gasteiger partial charge is 0.314 e. The molecule has 0 unspecified atom stereocenters. The van der Waals surface area contributed by atoms with Gasteiger partial charge < -0.3 is 5.32 Å². The van der Waals surface area contributed by atoms with Gasteiger partial charge >= 0.3 is 0 Å². The first kappa shape index (κ1) is 14.6. The van der Waals surface area contributed by atoms with Crippen LogP contribution in [0.2, 0.25) is 10.0 Å². The van der Waals surface area contributed by atoms with E-state index in [0.717, 1.165) is 0 Å². The molecule has 1 aliphatic rings. The van der Waals surface area contributed by atoms with Crippen LogP contribution in [0.1, 0.15) is 0 Å². The number of halogens is 3. The predicted molar refractivity (Wildman–Crippen MR) is 75.8 cm³/mol. The van der Waals surface area contributed by atoms with Gasteiger partial charge in [-0.05, 0) is 12.1 Å². The zero-order chi connectivity index (χ0) is 13.3. The van der Waals surface area contributed by atoms with Crippen molar-refractivity contribution in [2.45, 2.75) is 4.90 Å². The monoisotopic (exact) mass is 372 g/mol. The molecule has 1 heterocycles. The third-order valence-electron chi connectivity index (χ3n) is 2.64. The van der Waals surface area contributed by atoms with Gasteiger partial charge in [0.15, 0.2) is 0 Å². The highest BCUT2D eigenvalue weighted by Gasteiger charge is 2.30. The summed E-state index contributed by atoms with van der Waals surface area (Å²) >= 11 is 15.2. The Kier molecular flexibility index (Phi) is 4.57. The lowest BCUT2D eigenvalue weighted by molar-refractivity contribution is 0.360. The lowest BCUT2D eigenvalue weighted by atomic mass is 10.4. The lowest BCUT2D eigenvalue weighted by Gasteiger charge is -2.27. The summed E-state index contributed by atoms with van der Waals surface area (Å²) in [6.45, 7) is 2.10. The fourth-order valence-corrected chi connectivity index (χ4v) is 5.11. The van der Waals surface area contributed by atoms with Gasteiger partial charge in [-0.1, -0.05) is 39.1 Å². The smallest absolute Gasteiger partial charge is 0.246 e. The Morgan fingerprint density at radius 1 is 1.17 bits per heavy atom. The van der Waals surface area contributed by atoms with E-state index in [4.69, 9.17) is 23.2 Å². The van der Waals surface area contributed by atoms with Crippen molar-refractivity contribution in [1.82, 2.24) is 9.62 Å². The molecule has 0 bridgehead atoms. The summed E-state index contributed by atoms with van der Waals surface area (Å²) in [6, 6.07) is 3.06. The average Bonchev–Trinajstić information content (AvgIpc) is 2.28. The minimum absolute atomic E-state index is 0.0177. The third-order valence-corrected chi connectivity index (χ3v) is 5.92. The molecule has 2 rings (SSSR count). The van der Waals surface area contributed by atoms with Crippen molar-refractivity contribution >= 4 is 49.2 Å². The van der Waals surface area contributed by atoms with Crippen LogP contribution in [0.15, 0.2) is 21.5 Å². The molecule has 4 nitrogen and oxygen atoms in total.